The molecule has 0 N–H and O–H groups in total. The summed E-state index contributed by atoms with van der Waals surface area (Å²) in [4.78, 5) is 0. The second kappa shape index (κ2) is 16.1. The Labute approximate surface area is 244 Å². The highest BCUT2D eigenvalue weighted by molar-refractivity contribution is 7.35. The van der Waals surface area contributed by atoms with E-state index in [1.165, 1.54) is 0 Å². The van der Waals surface area contributed by atoms with Crippen LogP contribution in [0, 0.1) is 0 Å². The van der Waals surface area contributed by atoms with Gasteiger partial charge in [-0.2, -0.15) is 0 Å². The molecule has 0 radical (unpaired) electrons. The van der Waals surface area contributed by atoms with Gasteiger partial charge in [0.05, 0.1) is 0 Å². The van der Waals surface area contributed by atoms with Crippen molar-refractivity contribution in [1.29, 1.82) is 0 Å². The van der Waals surface area contributed by atoms with Crippen molar-refractivity contribution in [3.8, 4) is 0 Å². The van der Waals surface area contributed by atoms with Gasteiger partial charge in [-0.3, -0.25) is 0 Å². The molecular formula is C27H66O5Si6. The molecule has 0 aromatic rings. The first-order chi connectivity index (χ1) is 18.0. The Bertz CT molecular complexity index is 533. The van der Waals surface area contributed by atoms with Crippen molar-refractivity contribution in [1.82, 2.24) is 0 Å². The molecule has 228 valence electrons. The van der Waals surface area contributed by atoms with Gasteiger partial charge in [-0.05, 0) is 85.0 Å². The smallest absolute Gasteiger partial charge is 0.433 e. The Morgan fingerprint density at radius 3 is 0.974 bits per heavy atom. The van der Waals surface area contributed by atoms with Crippen LogP contribution in [0.2, 0.25) is 78.6 Å². The lowest BCUT2D eigenvalue weighted by Crippen LogP contribution is -2.82. The highest BCUT2D eigenvalue weighted by atomic mass is 29.3. The molecule has 0 atom stereocenters. The van der Waals surface area contributed by atoms with E-state index in [1.807, 2.05) is 0 Å². The van der Waals surface area contributed by atoms with Crippen LogP contribution in [0.4, 0.5) is 0 Å². The first kappa shape index (κ1) is 37.1. The minimum Gasteiger partial charge on any atom is -0.433 e. The van der Waals surface area contributed by atoms with Crippen LogP contribution < -0.4 is 0 Å². The highest BCUT2D eigenvalue weighted by Gasteiger charge is 2.74. The lowest BCUT2D eigenvalue weighted by atomic mass is 10.5. The topological polar surface area (TPSA) is 46.2 Å². The summed E-state index contributed by atoms with van der Waals surface area (Å²) in [6.07, 6.45) is 1.01. The Hall–Kier alpha value is 1.10. The van der Waals surface area contributed by atoms with E-state index < -0.39 is 49.7 Å². The molecule has 1 aliphatic heterocycles. The second-order valence-electron chi connectivity index (χ2n) is 11.6. The van der Waals surface area contributed by atoms with E-state index in [4.69, 9.17) is 20.9 Å². The first-order valence-corrected chi connectivity index (χ1v) is 31.3. The lowest BCUT2D eigenvalue weighted by Gasteiger charge is -2.56. The summed E-state index contributed by atoms with van der Waals surface area (Å²) in [6, 6.07) is 14.3. The predicted molar refractivity (Wildman–Crippen MR) is 180 cm³/mol. The van der Waals surface area contributed by atoms with Crippen molar-refractivity contribution >= 4 is 49.7 Å². The highest BCUT2D eigenvalue weighted by Crippen LogP contribution is 2.46. The van der Waals surface area contributed by atoms with E-state index in [2.05, 4.69) is 83.1 Å². The van der Waals surface area contributed by atoms with Gasteiger partial charge in [-0.15, -0.1) is 0 Å². The molecule has 0 spiro atoms. The minimum absolute atomic E-state index is 0.731. The molecule has 38 heavy (non-hydrogen) atoms. The molecule has 1 heterocycles. The Kier molecular flexibility index (Phi) is 15.7. The summed E-state index contributed by atoms with van der Waals surface area (Å²) in [5.41, 5.74) is 0. The fourth-order valence-electron chi connectivity index (χ4n) is 6.39. The van der Waals surface area contributed by atoms with Gasteiger partial charge in [0.25, 0.3) is 0 Å². The van der Waals surface area contributed by atoms with E-state index in [0.29, 0.717) is 0 Å². The standard InChI is InChI=1S/C27H66O5Si6/c1-13-33(14-2,15-3)29-37(30-34(16-4,17-5)18-6)27-25-26-28-38(37,31-35(19-7,20-8)21-9)32-36(22-10,23-11)24-12/h13-27H2,1-12H3. The van der Waals surface area contributed by atoms with Gasteiger partial charge in [0, 0.05) is 6.61 Å². The monoisotopic (exact) mass is 638 g/mol. The van der Waals surface area contributed by atoms with Gasteiger partial charge in [0.2, 0.25) is 0 Å². The van der Waals surface area contributed by atoms with Gasteiger partial charge in [-0.25, -0.2) is 0 Å². The van der Waals surface area contributed by atoms with Gasteiger partial charge >= 0.3 is 16.4 Å². The van der Waals surface area contributed by atoms with Crippen LogP contribution >= 0.6 is 0 Å². The van der Waals surface area contributed by atoms with Crippen molar-refractivity contribution in [2.45, 2.75) is 168 Å². The molecule has 11 heteroatoms. The number of hydrogen-bond donors (Lipinski definition) is 0. The Morgan fingerprint density at radius 1 is 0.447 bits per heavy atom. The van der Waals surface area contributed by atoms with Crippen LogP contribution in [0.15, 0.2) is 0 Å². The third-order valence-electron chi connectivity index (χ3n) is 10.6. The van der Waals surface area contributed by atoms with Crippen LogP contribution in [0.25, 0.3) is 0 Å². The maximum Gasteiger partial charge on any atom is 0.517 e. The third kappa shape index (κ3) is 7.73. The van der Waals surface area contributed by atoms with Crippen molar-refractivity contribution in [3.63, 3.8) is 0 Å². The molecule has 0 aromatic heterocycles. The quantitative estimate of drug-likeness (QED) is 0.124. The van der Waals surface area contributed by atoms with Crippen LogP contribution in [-0.2, 0) is 20.9 Å². The fourth-order valence-corrected chi connectivity index (χ4v) is 50.9. The largest absolute Gasteiger partial charge is 0.517 e. The molecule has 0 aromatic carbocycles. The number of hydrogen-bond acceptors (Lipinski definition) is 5. The molecule has 0 unspecified atom stereocenters. The van der Waals surface area contributed by atoms with Gasteiger partial charge in [-0.1, -0.05) is 83.1 Å². The molecule has 1 saturated heterocycles. The summed E-state index contributed by atoms with van der Waals surface area (Å²) in [5, 5.41) is 0. The maximum atomic E-state index is 7.87. The van der Waals surface area contributed by atoms with E-state index in [9.17, 15) is 0 Å². The molecular weight excluding hydrogens is 573 g/mol. The molecule has 0 bridgehead atoms. The summed E-state index contributed by atoms with van der Waals surface area (Å²) < 4.78 is 38.5. The van der Waals surface area contributed by atoms with Crippen LogP contribution in [-0.4, -0.2) is 56.3 Å². The van der Waals surface area contributed by atoms with Gasteiger partial charge in [0.15, 0.2) is 33.3 Å². The van der Waals surface area contributed by atoms with Crippen LogP contribution in [0.3, 0.4) is 0 Å². The second-order valence-corrected chi connectivity index (χ2v) is 40.4. The zero-order valence-electron chi connectivity index (χ0n) is 27.6. The van der Waals surface area contributed by atoms with Crippen molar-refractivity contribution in [2.75, 3.05) is 6.61 Å². The van der Waals surface area contributed by atoms with Gasteiger partial charge in [0.1, 0.15) is 0 Å². The molecule has 0 aliphatic carbocycles. The summed E-state index contributed by atoms with van der Waals surface area (Å²) in [6.45, 7) is 28.9. The molecule has 0 saturated carbocycles. The zero-order chi connectivity index (χ0) is 29.1. The van der Waals surface area contributed by atoms with Crippen molar-refractivity contribution in [3.05, 3.63) is 0 Å². The third-order valence-corrected chi connectivity index (χ3v) is 48.0. The zero-order valence-corrected chi connectivity index (χ0v) is 33.6. The molecule has 1 fully saturated rings. The normalized spacial score (nSPS) is 18.6. The molecule has 0 amide bonds. The predicted octanol–water partition coefficient (Wildman–Crippen LogP) is 9.95. The van der Waals surface area contributed by atoms with Crippen molar-refractivity contribution < 1.29 is 20.9 Å². The molecule has 5 nitrogen and oxygen atoms in total. The minimum atomic E-state index is -3.29. The maximum absolute atomic E-state index is 7.87. The van der Waals surface area contributed by atoms with Gasteiger partial charge < -0.3 is 20.9 Å². The van der Waals surface area contributed by atoms with Crippen LogP contribution in [0.1, 0.15) is 89.5 Å². The van der Waals surface area contributed by atoms with Crippen molar-refractivity contribution in [2.24, 2.45) is 0 Å². The summed E-state index contributed by atoms with van der Waals surface area (Å²) in [7, 11) is -14.5. The number of rotatable bonds is 20. The first-order valence-electron chi connectivity index (χ1n) is 16.5. The SMILES string of the molecule is CC[Si](CC)(CC)O[Si]1(O[Si](CC)(CC)CC)CCCO[Si]1(O[Si](CC)(CC)CC)O[Si](CC)(CC)CC. The lowest BCUT2D eigenvalue weighted by molar-refractivity contribution is 0.143. The van der Waals surface area contributed by atoms with E-state index >= 15 is 0 Å². The average molecular weight is 639 g/mol. The summed E-state index contributed by atoms with van der Waals surface area (Å²) >= 11 is 0. The molecule has 1 aliphatic rings. The van der Waals surface area contributed by atoms with E-state index in [-0.39, 0.29) is 0 Å². The Balaban J connectivity index is 4.12. The average Bonchev–Trinajstić information content (AvgIpc) is 2.98. The Morgan fingerprint density at radius 2 is 0.711 bits per heavy atom. The fraction of sp³-hybridized carbons (Fsp3) is 1.00. The molecule has 1 rings (SSSR count). The van der Waals surface area contributed by atoms with Crippen LogP contribution in [0.5, 0.6) is 0 Å². The summed E-state index contributed by atoms with van der Waals surface area (Å²) in [5.74, 6) is 0. The van der Waals surface area contributed by atoms with E-state index in [1.54, 1.807) is 0 Å². The van der Waals surface area contributed by atoms with E-state index in [0.717, 1.165) is 91.6 Å².